The van der Waals surface area contributed by atoms with E-state index in [1.54, 1.807) is 6.20 Å². The Balaban J connectivity index is 1.49. The second kappa shape index (κ2) is 9.56. The van der Waals surface area contributed by atoms with Crippen LogP contribution in [0.15, 0.2) is 47.8 Å². The van der Waals surface area contributed by atoms with E-state index in [4.69, 9.17) is 21.1 Å². The minimum Gasteiger partial charge on any atom is -0.486 e. The normalized spacial score (nSPS) is 13.1. The summed E-state index contributed by atoms with van der Waals surface area (Å²) in [6.45, 7) is 3.49. The van der Waals surface area contributed by atoms with Crippen LogP contribution in [-0.2, 0) is 17.5 Å². The Bertz CT molecular complexity index is 1180. The number of para-hydroxylation sites is 1. The first-order chi connectivity index (χ1) is 15.8. The Kier molecular flexibility index (Phi) is 6.76. The van der Waals surface area contributed by atoms with E-state index in [1.807, 2.05) is 29.7 Å². The van der Waals surface area contributed by atoms with Crippen molar-refractivity contribution in [3.63, 3.8) is 0 Å². The smallest absolute Gasteiger partial charge is 0.418 e. The molecule has 0 saturated carbocycles. The van der Waals surface area contributed by atoms with Gasteiger partial charge in [0.2, 0.25) is 5.91 Å². The van der Waals surface area contributed by atoms with Gasteiger partial charge in [-0.25, -0.2) is 4.98 Å². The van der Waals surface area contributed by atoms with Crippen molar-refractivity contribution in [2.45, 2.75) is 24.8 Å². The fraction of sp³-hybridized carbons (Fsp3) is 0.273. The van der Waals surface area contributed by atoms with Crippen molar-refractivity contribution < 1.29 is 27.4 Å². The van der Waals surface area contributed by atoms with Crippen LogP contribution in [0.4, 0.5) is 18.9 Å². The van der Waals surface area contributed by atoms with Crippen molar-refractivity contribution >= 4 is 35.0 Å². The zero-order valence-corrected chi connectivity index (χ0v) is 19.0. The predicted molar refractivity (Wildman–Crippen MR) is 120 cm³/mol. The number of anilines is 1. The molecule has 0 aliphatic carbocycles. The fourth-order valence-electron chi connectivity index (χ4n) is 3.41. The zero-order chi connectivity index (χ0) is 23.6. The molecule has 0 fully saturated rings. The first-order valence-electron chi connectivity index (χ1n) is 10.0. The Labute approximate surface area is 197 Å². The molecule has 0 atom stereocenters. The van der Waals surface area contributed by atoms with E-state index in [-0.39, 0.29) is 10.8 Å². The van der Waals surface area contributed by atoms with Crippen molar-refractivity contribution in [1.29, 1.82) is 0 Å². The van der Waals surface area contributed by atoms with Crippen LogP contribution in [0.1, 0.15) is 12.5 Å². The number of nitrogens with zero attached hydrogens (tertiary/aromatic N) is 2. The highest BCUT2D eigenvalue weighted by atomic mass is 35.5. The molecular weight excluding hydrogens is 479 g/mol. The van der Waals surface area contributed by atoms with Crippen LogP contribution in [0, 0.1) is 0 Å². The van der Waals surface area contributed by atoms with E-state index in [2.05, 4.69) is 10.3 Å². The first kappa shape index (κ1) is 23.3. The van der Waals surface area contributed by atoms with Gasteiger partial charge in [0.1, 0.15) is 13.2 Å². The number of hydrogen-bond donors (Lipinski definition) is 1. The summed E-state index contributed by atoms with van der Waals surface area (Å²) in [5, 5.41) is 2.67. The third kappa shape index (κ3) is 5.06. The molecule has 1 N–H and O–H groups in total. The molecule has 6 nitrogen and oxygen atoms in total. The lowest BCUT2D eigenvalue weighted by Gasteiger charge is -2.19. The van der Waals surface area contributed by atoms with Gasteiger partial charge in [-0.3, -0.25) is 4.79 Å². The number of alkyl halides is 3. The van der Waals surface area contributed by atoms with Crippen LogP contribution in [-0.4, -0.2) is 34.4 Å². The summed E-state index contributed by atoms with van der Waals surface area (Å²) in [7, 11) is 0. The summed E-state index contributed by atoms with van der Waals surface area (Å²) >= 11 is 7.03. The molecule has 4 rings (SSSR count). The second-order valence-electron chi connectivity index (χ2n) is 7.03. The van der Waals surface area contributed by atoms with Crippen molar-refractivity contribution in [2.75, 3.05) is 24.3 Å². The van der Waals surface area contributed by atoms with E-state index in [1.165, 1.54) is 12.1 Å². The van der Waals surface area contributed by atoms with E-state index in [9.17, 15) is 18.0 Å². The van der Waals surface area contributed by atoms with Crippen LogP contribution < -0.4 is 14.8 Å². The van der Waals surface area contributed by atoms with Crippen molar-refractivity contribution in [1.82, 2.24) is 9.55 Å². The number of nitrogens with one attached hydrogen (secondary N) is 1. The number of rotatable bonds is 6. The predicted octanol–water partition coefficient (Wildman–Crippen LogP) is 5.74. The molecule has 1 amide bonds. The molecule has 174 valence electrons. The SMILES string of the molecule is CCn1c(-c2ccc3c(c2)OCCO3)cnc1SCC(=O)Nc1c(Cl)cccc1C(F)(F)F. The Hall–Kier alpha value is -2.85. The highest BCUT2D eigenvalue weighted by Gasteiger charge is 2.34. The van der Waals surface area contributed by atoms with E-state index >= 15 is 0 Å². The molecule has 0 spiro atoms. The molecule has 1 aliphatic rings. The molecule has 3 aromatic rings. The number of carbonyl (C=O) groups is 1. The van der Waals surface area contributed by atoms with Gasteiger partial charge in [-0.2, -0.15) is 13.2 Å². The second-order valence-corrected chi connectivity index (χ2v) is 8.38. The minimum absolute atomic E-state index is 0.139. The quantitative estimate of drug-likeness (QED) is 0.440. The van der Waals surface area contributed by atoms with Gasteiger partial charge in [0.25, 0.3) is 0 Å². The van der Waals surface area contributed by atoms with Gasteiger partial charge >= 0.3 is 6.18 Å². The molecule has 1 aromatic heterocycles. The topological polar surface area (TPSA) is 65.4 Å². The molecular formula is C22H19ClF3N3O3S. The third-order valence-corrected chi connectivity index (χ3v) is 6.19. The highest BCUT2D eigenvalue weighted by Crippen LogP contribution is 2.39. The van der Waals surface area contributed by atoms with Crippen LogP contribution >= 0.6 is 23.4 Å². The average molecular weight is 498 g/mol. The zero-order valence-electron chi connectivity index (χ0n) is 17.4. The standard InChI is InChI=1S/C22H19ClF3N3O3S/c1-2-29-16(13-6-7-17-18(10-13)32-9-8-31-17)11-27-21(29)33-12-19(30)28-20-14(22(24,25)26)4-3-5-15(20)23/h3-7,10-11H,2,8-9,12H2,1H3,(H,28,30). The Morgan fingerprint density at radius 2 is 1.97 bits per heavy atom. The van der Waals surface area contributed by atoms with Gasteiger partial charge < -0.3 is 19.4 Å². The molecule has 11 heteroatoms. The number of amides is 1. The number of ether oxygens (including phenoxy) is 2. The molecule has 0 bridgehead atoms. The van der Waals surface area contributed by atoms with E-state index in [0.29, 0.717) is 36.4 Å². The van der Waals surface area contributed by atoms with Crippen LogP contribution in [0.3, 0.4) is 0 Å². The van der Waals surface area contributed by atoms with E-state index < -0.39 is 23.3 Å². The van der Waals surface area contributed by atoms with Gasteiger partial charge in [-0.1, -0.05) is 29.4 Å². The summed E-state index contributed by atoms with van der Waals surface area (Å²) in [5.74, 6) is 0.568. The number of imidazole rings is 1. The fourth-order valence-corrected chi connectivity index (χ4v) is 4.47. The number of aromatic nitrogens is 2. The van der Waals surface area contributed by atoms with Crippen molar-refractivity contribution in [2.24, 2.45) is 0 Å². The summed E-state index contributed by atoms with van der Waals surface area (Å²) in [6.07, 6.45) is -2.96. The molecule has 33 heavy (non-hydrogen) atoms. The lowest BCUT2D eigenvalue weighted by atomic mass is 10.1. The lowest BCUT2D eigenvalue weighted by molar-refractivity contribution is -0.137. The maximum absolute atomic E-state index is 13.3. The average Bonchev–Trinajstić information content (AvgIpc) is 3.21. The number of halogens is 4. The summed E-state index contributed by atoms with van der Waals surface area (Å²) in [5.41, 5.74) is 0.246. The maximum Gasteiger partial charge on any atom is 0.418 e. The van der Waals surface area contributed by atoms with Crippen LogP contribution in [0.2, 0.25) is 5.02 Å². The molecule has 0 saturated heterocycles. The number of thioether (sulfide) groups is 1. The largest absolute Gasteiger partial charge is 0.486 e. The van der Waals surface area contributed by atoms with E-state index in [0.717, 1.165) is 29.1 Å². The van der Waals surface area contributed by atoms with Crippen LogP contribution in [0.25, 0.3) is 11.3 Å². The van der Waals surface area contributed by atoms with Crippen molar-refractivity contribution in [3.05, 3.63) is 53.2 Å². The first-order valence-corrected chi connectivity index (χ1v) is 11.4. The molecule has 0 unspecified atom stereocenters. The molecule has 2 aromatic carbocycles. The number of fused-ring (bicyclic) bond motifs is 1. The minimum atomic E-state index is -4.64. The summed E-state index contributed by atoms with van der Waals surface area (Å²) in [4.78, 5) is 16.8. The van der Waals surface area contributed by atoms with Gasteiger partial charge in [0.15, 0.2) is 16.7 Å². The number of benzene rings is 2. The van der Waals surface area contributed by atoms with Gasteiger partial charge in [-0.15, -0.1) is 0 Å². The van der Waals surface area contributed by atoms with Gasteiger partial charge in [0, 0.05) is 12.1 Å². The highest BCUT2D eigenvalue weighted by molar-refractivity contribution is 7.99. The van der Waals surface area contributed by atoms with Crippen molar-refractivity contribution in [3.8, 4) is 22.8 Å². The monoisotopic (exact) mass is 497 g/mol. The number of carbonyl (C=O) groups excluding carboxylic acids is 1. The Morgan fingerprint density at radius 3 is 2.70 bits per heavy atom. The van der Waals surface area contributed by atoms with Crippen LogP contribution in [0.5, 0.6) is 11.5 Å². The van der Waals surface area contributed by atoms with Gasteiger partial charge in [-0.05, 0) is 37.3 Å². The number of hydrogen-bond acceptors (Lipinski definition) is 5. The summed E-state index contributed by atoms with van der Waals surface area (Å²) < 4.78 is 52.9. The summed E-state index contributed by atoms with van der Waals surface area (Å²) in [6, 6.07) is 8.95. The molecule has 2 heterocycles. The molecule has 1 aliphatic heterocycles. The maximum atomic E-state index is 13.3. The lowest BCUT2D eigenvalue weighted by Crippen LogP contribution is -2.19. The third-order valence-electron chi connectivity index (χ3n) is 4.89. The Morgan fingerprint density at radius 1 is 1.21 bits per heavy atom. The van der Waals surface area contributed by atoms with Gasteiger partial charge in [0.05, 0.1) is 33.9 Å². The molecule has 0 radical (unpaired) electrons.